The van der Waals surface area contributed by atoms with Crippen LogP contribution in [-0.4, -0.2) is 49.3 Å². The Kier molecular flexibility index (Phi) is 2.87. The quantitative estimate of drug-likeness (QED) is 0.795. The number of likely N-dealkylation sites (tertiary alicyclic amines) is 1. The van der Waals surface area contributed by atoms with E-state index < -0.39 is 0 Å². The summed E-state index contributed by atoms with van der Waals surface area (Å²) in [5.41, 5.74) is -0.193. The summed E-state index contributed by atoms with van der Waals surface area (Å²) in [5.74, 6) is 0.331. The smallest absolute Gasteiger partial charge is 0.289 e. The molecule has 0 bridgehead atoms. The second kappa shape index (κ2) is 4.40. The lowest BCUT2D eigenvalue weighted by Gasteiger charge is -2.52. The molecule has 1 aromatic heterocycles. The lowest BCUT2D eigenvalue weighted by molar-refractivity contribution is -0.182. The maximum absolute atomic E-state index is 12.0. The molecule has 1 spiro atoms. The van der Waals surface area contributed by atoms with Crippen LogP contribution in [0.15, 0.2) is 22.8 Å². The maximum atomic E-state index is 12.0. The molecular formula is C13H17NO4. The van der Waals surface area contributed by atoms with Crippen LogP contribution < -0.4 is 0 Å². The number of carbonyl (C=O) groups is 1. The molecule has 2 aliphatic heterocycles. The molecule has 1 aromatic rings. The number of hydrogen-bond donors (Lipinski definition) is 0. The lowest BCUT2D eigenvalue weighted by Crippen LogP contribution is -2.67. The van der Waals surface area contributed by atoms with Gasteiger partial charge in [0.05, 0.1) is 25.5 Å². The van der Waals surface area contributed by atoms with E-state index in [4.69, 9.17) is 13.9 Å². The fourth-order valence-corrected chi connectivity index (χ4v) is 2.75. The number of carbonyl (C=O) groups excluding carboxylic acids is 1. The van der Waals surface area contributed by atoms with Crippen LogP contribution in [0.25, 0.3) is 0 Å². The van der Waals surface area contributed by atoms with Gasteiger partial charge in [-0.1, -0.05) is 0 Å². The third-order valence-corrected chi connectivity index (χ3v) is 3.76. The Bertz CT molecular complexity index is 422. The van der Waals surface area contributed by atoms with Gasteiger partial charge in [-0.25, -0.2) is 0 Å². The fraction of sp³-hybridized carbons (Fsp3) is 0.615. The largest absolute Gasteiger partial charge is 0.459 e. The molecule has 0 saturated carbocycles. The molecule has 2 fully saturated rings. The van der Waals surface area contributed by atoms with Gasteiger partial charge in [-0.15, -0.1) is 0 Å². The molecule has 5 nitrogen and oxygen atoms in total. The van der Waals surface area contributed by atoms with E-state index in [9.17, 15) is 4.79 Å². The summed E-state index contributed by atoms with van der Waals surface area (Å²) in [6, 6.07) is 3.41. The Balaban J connectivity index is 1.61. The molecule has 5 heteroatoms. The van der Waals surface area contributed by atoms with Crippen LogP contribution in [0.5, 0.6) is 0 Å². The second-order valence-corrected chi connectivity index (χ2v) is 5.02. The van der Waals surface area contributed by atoms with Gasteiger partial charge in [0.25, 0.3) is 5.91 Å². The molecule has 2 aliphatic rings. The molecular weight excluding hydrogens is 234 g/mol. The summed E-state index contributed by atoms with van der Waals surface area (Å²) in [4.78, 5) is 13.8. The van der Waals surface area contributed by atoms with E-state index in [2.05, 4.69) is 0 Å². The van der Waals surface area contributed by atoms with Crippen molar-refractivity contribution in [2.45, 2.75) is 24.5 Å². The van der Waals surface area contributed by atoms with E-state index in [0.29, 0.717) is 25.5 Å². The maximum Gasteiger partial charge on any atom is 0.289 e. The lowest BCUT2D eigenvalue weighted by atomic mass is 9.84. The zero-order valence-electron chi connectivity index (χ0n) is 10.4. The molecule has 18 heavy (non-hydrogen) atoms. The van der Waals surface area contributed by atoms with E-state index in [1.807, 2.05) is 0 Å². The summed E-state index contributed by atoms with van der Waals surface area (Å²) in [6.45, 7) is 1.97. The number of ether oxygens (including phenoxy) is 2. The number of methoxy groups -OCH3 is 1. The molecule has 0 N–H and O–H groups in total. The number of rotatable bonds is 2. The number of hydrogen-bond acceptors (Lipinski definition) is 4. The van der Waals surface area contributed by atoms with Crippen molar-refractivity contribution >= 4 is 5.91 Å². The molecule has 1 amide bonds. The SMILES string of the molecule is CO[C@H]1CCOC2(C1)CN(C(=O)c1ccco1)C2. The third-order valence-electron chi connectivity index (χ3n) is 3.76. The summed E-state index contributed by atoms with van der Waals surface area (Å²) in [6.07, 6.45) is 3.57. The number of amides is 1. The third kappa shape index (κ3) is 1.93. The molecule has 3 rings (SSSR count). The van der Waals surface area contributed by atoms with Crippen molar-refractivity contribution in [1.82, 2.24) is 4.90 Å². The Morgan fingerprint density at radius 2 is 2.39 bits per heavy atom. The minimum atomic E-state index is -0.193. The highest BCUT2D eigenvalue weighted by molar-refractivity contribution is 5.92. The van der Waals surface area contributed by atoms with Crippen molar-refractivity contribution in [3.05, 3.63) is 24.2 Å². The predicted octanol–water partition coefficient (Wildman–Crippen LogP) is 1.30. The van der Waals surface area contributed by atoms with Gasteiger partial charge in [-0.05, 0) is 18.6 Å². The van der Waals surface area contributed by atoms with Crippen LogP contribution in [0.1, 0.15) is 23.4 Å². The van der Waals surface area contributed by atoms with Crippen molar-refractivity contribution in [3.63, 3.8) is 0 Å². The van der Waals surface area contributed by atoms with Gasteiger partial charge < -0.3 is 18.8 Å². The number of nitrogens with zero attached hydrogens (tertiary/aromatic N) is 1. The number of furan rings is 1. The Labute approximate surface area is 106 Å². The van der Waals surface area contributed by atoms with Crippen molar-refractivity contribution in [2.24, 2.45) is 0 Å². The summed E-state index contributed by atoms with van der Waals surface area (Å²) < 4.78 is 16.3. The highest BCUT2D eigenvalue weighted by Crippen LogP contribution is 2.35. The molecule has 0 aromatic carbocycles. The summed E-state index contributed by atoms with van der Waals surface area (Å²) in [5, 5.41) is 0. The van der Waals surface area contributed by atoms with Crippen LogP contribution in [-0.2, 0) is 9.47 Å². The van der Waals surface area contributed by atoms with Gasteiger partial charge in [0.15, 0.2) is 5.76 Å². The molecule has 0 aliphatic carbocycles. The van der Waals surface area contributed by atoms with Gasteiger partial charge in [0.1, 0.15) is 5.60 Å². The second-order valence-electron chi connectivity index (χ2n) is 5.02. The standard InChI is InChI=1S/C13H17NO4/c1-16-10-4-6-18-13(7-10)8-14(9-13)12(15)11-3-2-5-17-11/h2-3,5,10H,4,6-9H2,1H3/t10-/m0/s1. The first-order valence-corrected chi connectivity index (χ1v) is 6.22. The zero-order chi connectivity index (χ0) is 12.6. The van der Waals surface area contributed by atoms with Crippen molar-refractivity contribution in [1.29, 1.82) is 0 Å². The fourth-order valence-electron chi connectivity index (χ4n) is 2.75. The van der Waals surface area contributed by atoms with Gasteiger partial charge in [0, 0.05) is 20.1 Å². The van der Waals surface area contributed by atoms with Crippen LogP contribution in [0.2, 0.25) is 0 Å². The highest BCUT2D eigenvalue weighted by Gasteiger charge is 2.49. The molecule has 0 radical (unpaired) electrons. The average molecular weight is 251 g/mol. The minimum Gasteiger partial charge on any atom is -0.459 e. The summed E-state index contributed by atoms with van der Waals surface area (Å²) in [7, 11) is 1.73. The highest BCUT2D eigenvalue weighted by atomic mass is 16.5. The van der Waals surface area contributed by atoms with Crippen LogP contribution in [0, 0.1) is 0 Å². The Hall–Kier alpha value is -1.33. The van der Waals surface area contributed by atoms with Crippen LogP contribution >= 0.6 is 0 Å². The first kappa shape index (κ1) is 11.7. The van der Waals surface area contributed by atoms with Crippen LogP contribution in [0.3, 0.4) is 0 Å². The van der Waals surface area contributed by atoms with Crippen molar-refractivity contribution in [2.75, 3.05) is 26.8 Å². The van der Waals surface area contributed by atoms with E-state index in [1.165, 1.54) is 6.26 Å². The normalized spacial score (nSPS) is 26.1. The first-order valence-electron chi connectivity index (χ1n) is 6.22. The topological polar surface area (TPSA) is 51.9 Å². The van der Waals surface area contributed by atoms with E-state index in [1.54, 1.807) is 24.1 Å². The van der Waals surface area contributed by atoms with Gasteiger partial charge >= 0.3 is 0 Å². The van der Waals surface area contributed by atoms with E-state index >= 15 is 0 Å². The van der Waals surface area contributed by atoms with Crippen molar-refractivity contribution in [3.8, 4) is 0 Å². The molecule has 98 valence electrons. The van der Waals surface area contributed by atoms with E-state index in [-0.39, 0.29) is 17.6 Å². The van der Waals surface area contributed by atoms with Gasteiger partial charge in [-0.3, -0.25) is 4.79 Å². The minimum absolute atomic E-state index is 0.0613. The van der Waals surface area contributed by atoms with Crippen molar-refractivity contribution < 1.29 is 18.7 Å². The first-order chi connectivity index (χ1) is 8.72. The monoisotopic (exact) mass is 251 g/mol. The Morgan fingerprint density at radius 1 is 1.56 bits per heavy atom. The molecule has 3 heterocycles. The predicted molar refractivity (Wildman–Crippen MR) is 63.3 cm³/mol. The Morgan fingerprint density at radius 3 is 3.06 bits per heavy atom. The van der Waals surface area contributed by atoms with Gasteiger partial charge in [-0.2, -0.15) is 0 Å². The van der Waals surface area contributed by atoms with E-state index in [0.717, 1.165) is 12.8 Å². The van der Waals surface area contributed by atoms with Gasteiger partial charge in [0.2, 0.25) is 0 Å². The molecule has 0 unspecified atom stereocenters. The van der Waals surface area contributed by atoms with Crippen LogP contribution in [0.4, 0.5) is 0 Å². The zero-order valence-corrected chi connectivity index (χ0v) is 10.4. The molecule has 1 atom stereocenters. The summed E-state index contributed by atoms with van der Waals surface area (Å²) >= 11 is 0. The average Bonchev–Trinajstić information content (AvgIpc) is 2.89. The molecule has 2 saturated heterocycles.